The summed E-state index contributed by atoms with van der Waals surface area (Å²) >= 11 is 0. The molecule has 0 fully saturated rings. The van der Waals surface area contributed by atoms with E-state index in [9.17, 15) is 4.79 Å². The molecule has 0 saturated heterocycles. The molecule has 1 aliphatic carbocycles. The Labute approximate surface area is 122 Å². The van der Waals surface area contributed by atoms with Crippen molar-refractivity contribution in [2.75, 3.05) is 13.1 Å². The number of hydrogen-bond acceptors (Lipinski definition) is 2. The van der Waals surface area contributed by atoms with Crippen molar-refractivity contribution in [3.63, 3.8) is 0 Å². The van der Waals surface area contributed by atoms with Gasteiger partial charge in [-0.3, -0.25) is 4.79 Å². The molecule has 0 heterocycles. The zero-order chi connectivity index (χ0) is 14.5. The molecule has 1 aromatic carbocycles. The van der Waals surface area contributed by atoms with Gasteiger partial charge in [0.1, 0.15) is 0 Å². The largest absolute Gasteiger partial charge is 0.334 e. The molecule has 0 bridgehead atoms. The summed E-state index contributed by atoms with van der Waals surface area (Å²) in [6.45, 7) is 5.43. The summed E-state index contributed by atoms with van der Waals surface area (Å²) in [6.07, 6.45) is 5.44. The maximum absolute atomic E-state index is 12.8. The lowest BCUT2D eigenvalue weighted by atomic mass is 10.0. The molecule has 2 N–H and O–H groups in total. The lowest BCUT2D eigenvalue weighted by Crippen LogP contribution is -2.42. The van der Waals surface area contributed by atoms with Crippen LogP contribution >= 0.6 is 0 Å². The van der Waals surface area contributed by atoms with Gasteiger partial charge in [-0.15, -0.1) is 0 Å². The van der Waals surface area contributed by atoms with Gasteiger partial charge in [-0.1, -0.05) is 19.9 Å². The van der Waals surface area contributed by atoms with E-state index < -0.39 is 0 Å². The molecule has 0 unspecified atom stereocenters. The maximum atomic E-state index is 12.8. The minimum absolute atomic E-state index is 0.138. The minimum Gasteiger partial charge on any atom is -0.334 e. The Morgan fingerprint density at radius 1 is 1.25 bits per heavy atom. The molecule has 3 nitrogen and oxygen atoms in total. The maximum Gasteiger partial charge on any atom is 0.254 e. The molecule has 1 aromatic rings. The van der Waals surface area contributed by atoms with Gasteiger partial charge < -0.3 is 10.6 Å². The molecular formula is C17H26N2O. The van der Waals surface area contributed by atoms with Crippen LogP contribution in [0.3, 0.4) is 0 Å². The fourth-order valence-electron chi connectivity index (χ4n) is 3.19. The average Bonchev–Trinajstić information content (AvgIpc) is 2.94. The van der Waals surface area contributed by atoms with Crippen molar-refractivity contribution in [1.29, 1.82) is 0 Å². The van der Waals surface area contributed by atoms with E-state index in [2.05, 4.69) is 26.0 Å². The summed E-state index contributed by atoms with van der Waals surface area (Å²) in [5.74, 6) is 0.138. The number of amides is 1. The number of aryl methyl sites for hydroxylation is 2. The fraction of sp³-hybridized carbons (Fsp3) is 0.588. The van der Waals surface area contributed by atoms with Gasteiger partial charge in [0.05, 0.1) is 0 Å². The second-order valence-electron chi connectivity index (χ2n) is 5.59. The molecule has 0 aliphatic heterocycles. The number of fused-ring (bicyclic) bond motifs is 1. The SMILES string of the molecule is CCC(CC)N(CCN)C(=O)c1ccc2c(c1)CCC2. The third-order valence-electron chi connectivity index (χ3n) is 4.36. The normalized spacial score (nSPS) is 13.6. The Morgan fingerprint density at radius 2 is 1.95 bits per heavy atom. The van der Waals surface area contributed by atoms with Gasteiger partial charge in [0, 0.05) is 24.7 Å². The quantitative estimate of drug-likeness (QED) is 0.867. The topological polar surface area (TPSA) is 46.3 Å². The number of rotatable bonds is 6. The lowest BCUT2D eigenvalue weighted by Gasteiger charge is -2.30. The van der Waals surface area contributed by atoms with Crippen molar-refractivity contribution >= 4 is 5.91 Å². The van der Waals surface area contributed by atoms with Crippen LogP contribution in [0.2, 0.25) is 0 Å². The van der Waals surface area contributed by atoms with E-state index in [0.29, 0.717) is 19.1 Å². The van der Waals surface area contributed by atoms with Crippen LogP contribution in [0.5, 0.6) is 0 Å². The number of carbonyl (C=O) groups excluding carboxylic acids is 1. The molecule has 0 atom stereocenters. The van der Waals surface area contributed by atoms with Crippen LogP contribution < -0.4 is 5.73 Å². The van der Waals surface area contributed by atoms with Crippen molar-refractivity contribution in [1.82, 2.24) is 4.90 Å². The first kappa shape index (κ1) is 15.0. The van der Waals surface area contributed by atoms with Crippen molar-refractivity contribution in [2.24, 2.45) is 5.73 Å². The highest BCUT2D eigenvalue weighted by Crippen LogP contribution is 2.24. The summed E-state index contributed by atoms with van der Waals surface area (Å²) in [4.78, 5) is 14.7. The average molecular weight is 274 g/mol. The standard InChI is InChI=1S/C17H26N2O/c1-3-16(4-2)19(11-10-18)17(20)15-9-8-13-6-5-7-14(13)12-15/h8-9,12,16H,3-7,10-11,18H2,1-2H3. The molecule has 0 radical (unpaired) electrons. The highest BCUT2D eigenvalue weighted by Gasteiger charge is 2.23. The van der Waals surface area contributed by atoms with E-state index >= 15 is 0 Å². The van der Waals surface area contributed by atoms with Gasteiger partial charge in [0.2, 0.25) is 0 Å². The minimum atomic E-state index is 0.138. The summed E-state index contributed by atoms with van der Waals surface area (Å²) in [5, 5.41) is 0. The smallest absolute Gasteiger partial charge is 0.254 e. The van der Waals surface area contributed by atoms with Gasteiger partial charge in [-0.05, 0) is 55.4 Å². The zero-order valence-corrected chi connectivity index (χ0v) is 12.7. The van der Waals surface area contributed by atoms with Crippen LogP contribution in [0.4, 0.5) is 0 Å². The van der Waals surface area contributed by atoms with Crippen LogP contribution in [0, 0.1) is 0 Å². The van der Waals surface area contributed by atoms with E-state index in [0.717, 1.165) is 31.2 Å². The van der Waals surface area contributed by atoms with E-state index in [-0.39, 0.29) is 5.91 Å². The van der Waals surface area contributed by atoms with Gasteiger partial charge in [-0.25, -0.2) is 0 Å². The van der Waals surface area contributed by atoms with Crippen molar-refractivity contribution in [3.8, 4) is 0 Å². The van der Waals surface area contributed by atoms with Crippen molar-refractivity contribution < 1.29 is 4.79 Å². The third-order valence-corrected chi connectivity index (χ3v) is 4.36. The molecule has 20 heavy (non-hydrogen) atoms. The molecule has 3 heteroatoms. The number of hydrogen-bond donors (Lipinski definition) is 1. The highest BCUT2D eigenvalue weighted by molar-refractivity contribution is 5.94. The number of benzene rings is 1. The monoisotopic (exact) mass is 274 g/mol. The first-order chi connectivity index (χ1) is 9.71. The Bertz CT molecular complexity index is 466. The number of carbonyl (C=O) groups is 1. The molecular weight excluding hydrogens is 248 g/mol. The second kappa shape index (κ2) is 6.89. The van der Waals surface area contributed by atoms with Crippen LogP contribution in [-0.4, -0.2) is 29.9 Å². The van der Waals surface area contributed by atoms with E-state index in [1.54, 1.807) is 0 Å². The van der Waals surface area contributed by atoms with Crippen molar-refractivity contribution in [3.05, 3.63) is 34.9 Å². The second-order valence-corrected chi connectivity index (χ2v) is 5.59. The van der Waals surface area contributed by atoms with E-state index in [1.165, 1.54) is 17.5 Å². The van der Waals surface area contributed by atoms with Gasteiger partial charge in [0.25, 0.3) is 5.91 Å². The number of nitrogens with zero attached hydrogens (tertiary/aromatic N) is 1. The molecule has 2 rings (SSSR count). The van der Waals surface area contributed by atoms with Crippen molar-refractivity contribution in [2.45, 2.75) is 52.0 Å². The van der Waals surface area contributed by atoms with Crippen LogP contribution in [0.1, 0.15) is 54.6 Å². The molecule has 0 saturated carbocycles. The van der Waals surface area contributed by atoms with Crippen LogP contribution in [0.25, 0.3) is 0 Å². The fourth-order valence-corrected chi connectivity index (χ4v) is 3.19. The summed E-state index contributed by atoms with van der Waals surface area (Å²) in [6, 6.07) is 6.50. The summed E-state index contributed by atoms with van der Waals surface area (Å²) in [5.41, 5.74) is 9.28. The third kappa shape index (κ3) is 3.04. The Balaban J connectivity index is 2.22. The molecule has 0 spiro atoms. The highest BCUT2D eigenvalue weighted by atomic mass is 16.2. The predicted octanol–water partition coefficient (Wildman–Crippen LogP) is 2.76. The Kier molecular flexibility index (Phi) is 5.18. The molecule has 1 amide bonds. The molecule has 1 aliphatic rings. The van der Waals surface area contributed by atoms with Gasteiger partial charge in [-0.2, -0.15) is 0 Å². The Morgan fingerprint density at radius 3 is 2.60 bits per heavy atom. The van der Waals surface area contributed by atoms with Crippen LogP contribution in [0.15, 0.2) is 18.2 Å². The van der Waals surface area contributed by atoms with E-state index in [1.807, 2.05) is 11.0 Å². The summed E-state index contributed by atoms with van der Waals surface area (Å²) in [7, 11) is 0. The first-order valence-corrected chi connectivity index (χ1v) is 7.84. The van der Waals surface area contributed by atoms with Gasteiger partial charge >= 0.3 is 0 Å². The Hall–Kier alpha value is -1.35. The number of nitrogens with two attached hydrogens (primary N) is 1. The molecule has 0 aromatic heterocycles. The lowest BCUT2D eigenvalue weighted by molar-refractivity contribution is 0.0674. The predicted molar refractivity (Wildman–Crippen MR) is 82.9 cm³/mol. The summed E-state index contributed by atoms with van der Waals surface area (Å²) < 4.78 is 0. The van der Waals surface area contributed by atoms with Gasteiger partial charge in [0.15, 0.2) is 0 Å². The van der Waals surface area contributed by atoms with Crippen LogP contribution in [-0.2, 0) is 12.8 Å². The zero-order valence-electron chi connectivity index (χ0n) is 12.7. The van der Waals surface area contributed by atoms with E-state index in [4.69, 9.17) is 5.73 Å². The molecule has 110 valence electrons. The first-order valence-electron chi connectivity index (χ1n) is 7.84.